The molecule has 1 aromatic carbocycles. The van der Waals surface area contributed by atoms with Crippen molar-refractivity contribution in [2.75, 3.05) is 32.5 Å². The summed E-state index contributed by atoms with van der Waals surface area (Å²) in [5, 5.41) is 0. The fourth-order valence-corrected chi connectivity index (χ4v) is 2.58. The van der Waals surface area contributed by atoms with E-state index in [9.17, 15) is 9.59 Å². The molecular formula is C15H16BrNO5. The van der Waals surface area contributed by atoms with Crippen molar-refractivity contribution < 1.29 is 23.8 Å². The Hall–Kier alpha value is -1.86. The number of carbonyl (C=O) groups is 2. The van der Waals surface area contributed by atoms with E-state index in [2.05, 4.69) is 15.9 Å². The van der Waals surface area contributed by atoms with Crippen LogP contribution in [0.2, 0.25) is 0 Å². The minimum Gasteiger partial charge on any atom is -0.466 e. The standard InChI is InChI=1S/C15H16BrNO5/c1-9-11(16)5-4-6-12(9)17-8-22-7-10(14(18)20-2)13(17)15(19)21-3/h4-6H,7-8H2,1-3H3. The highest BCUT2D eigenvalue weighted by molar-refractivity contribution is 9.10. The maximum Gasteiger partial charge on any atom is 0.355 e. The van der Waals surface area contributed by atoms with E-state index in [4.69, 9.17) is 14.2 Å². The monoisotopic (exact) mass is 369 g/mol. The van der Waals surface area contributed by atoms with Gasteiger partial charge < -0.3 is 19.1 Å². The van der Waals surface area contributed by atoms with E-state index in [1.165, 1.54) is 14.2 Å². The molecule has 0 bridgehead atoms. The first-order valence-electron chi connectivity index (χ1n) is 6.51. The zero-order valence-corrected chi connectivity index (χ0v) is 14.1. The van der Waals surface area contributed by atoms with Gasteiger partial charge in [-0.15, -0.1) is 0 Å². The number of anilines is 1. The minimum absolute atomic E-state index is 0.000652. The molecule has 0 saturated heterocycles. The van der Waals surface area contributed by atoms with Crippen molar-refractivity contribution in [3.8, 4) is 0 Å². The van der Waals surface area contributed by atoms with Crippen LogP contribution >= 0.6 is 15.9 Å². The van der Waals surface area contributed by atoms with Gasteiger partial charge in [0.2, 0.25) is 0 Å². The summed E-state index contributed by atoms with van der Waals surface area (Å²) in [4.78, 5) is 25.7. The normalized spacial score (nSPS) is 14.8. The van der Waals surface area contributed by atoms with Crippen molar-refractivity contribution in [2.45, 2.75) is 6.92 Å². The Morgan fingerprint density at radius 3 is 2.55 bits per heavy atom. The highest BCUT2D eigenvalue weighted by atomic mass is 79.9. The number of benzene rings is 1. The predicted octanol–water partition coefficient (Wildman–Crippen LogP) is 2.15. The van der Waals surface area contributed by atoms with Crippen LogP contribution in [0.1, 0.15) is 5.56 Å². The second kappa shape index (κ2) is 6.93. The first kappa shape index (κ1) is 16.5. The molecule has 0 spiro atoms. The van der Waals surface area contributed by atoms with Gasteiger partial charge >= 0.3 is 11.9 Å². The summed E-state index contributed by atoms with van der Waals surface area (Å²) in [6, 6.07) is 5.58. The number of carbonyl (C=O) groups excluding carboxylic acids is 2. The van der Waals surface area contributed by atoms with Crippen molar-refractivity contribution in [1.82, 2.24) is 0 Å². The van der Waals surface area contributed by atoms with Gasteiger partial charge in [-0.1, -0.05) is 22.0 Å². The van der Waals surface area contributed by atoms with Crippen LogP contribution in [0, 0.1) is 6.92 Å². The molecule has 1 aliphatic rings. The molecule has 0 saturated carbocycles. The Labute approximate surface area is 136 Å². The Morgan fingerprint density at radius 2 is 1.91 bits per heavy atom. The molecule has 0 amide bonds. The Balaban J connectivity index is 2.60. The smallest absolute Gasteiger partial charge is 0.355 e. The van der Waals surface area contributed by atoms with Crippen molar-refractivity contribution >= 4 is 33.6 Å². The molecule has 0 aliphatic carbocycles. The Morgan fingerprint density at radius 1 is 1.23 bits per heavy atom. The van der Waals surface area contributed by atoms with Gasteiger partial charge in [-0.05, 0) is 24.6 Å². The van der Waals surface area contributed by atoms with E-state index in [0.29, 0.717) is 0 Å². The highest BCUT2D eigenvalue weighted by Gasteiger charge is 2.33. The van der Waals surface area contributed by atoms with Gasteiger partial charge in [-0.25, -0.2) is 9.59 Å². The average Bonchev–Trinajstić information content (AvgIpc) is 2.55. The van der Waals surface area contributed by atoms with Gasteiger partial charge in [0.25, 0.3) is 0 Å². The van der Waals surface area contributed by atoms with Gasteiger partial charge in [-0.2, -0.15) is 0 Å². The van der Waals surface area contributed by atoms with E-state index in [0.717, 1.165) is 15.7 Å². The van der Waals surface area contributed by atoms with Crippen LogP contribution in [0.25, 0.3) is 0 Å². The van der Waals surface area contributed by atoms with Crippen molar-refractivity contribution in [1.29, 1.82) is 0 Å². The van der Waals surface area contributed by atoms with E-state index < -0.39 is 11.9 Å². The van der Waals surface area contributed by atoms with Crippen molar-refractivity contribution in [2.24, 2.45) is 0 Å². The maximum absolute atomic E-state index is 12.2. The molecule has 118 valence electrons. The number of hydrogen-bond donors (Lipinski definition) is 0. The van der Waals surface area contributed by atoms with Crippen molar-refractivity contribution in [3.63, 3.8) is 0 Å². The molecule has 1 aliphatic heterocycles. The molecule has 1 aromatic rings. The van der Waals surface area contributed by atoms with E-state index in [1.54, 1.807) is 4.90 Å². The van der Waals surface area contributed by atoms with Crippen LogP contribution < -0.4 is 4.90 Å². The number of rotatable bonds is 3. The Kier molecular flexibility index (Phi) is 5.20. The first-order chi connectivity index (χ1) is 10.5. The third kappa shape index (κ3) is 3.00. The third-order valence-electron chi connectivity index (χ3n) is 3.36. The largest absolute Gasteiger partial charge is 0.466 e. The molecule has 0 atom stereocenters. The van der Waals surface area contributed by atoms with Gasteiger partial charge in [0, 0.05) is 10.2 Å². The molecule has 22 heavy (non-hydrogen) atoms. The third-order valence-corrected chi connectivity index (χ3v) is 4.22. The fourth-order valence-electron chi connectivity index (χ4n) is 2.22. The van der Waals surface area contributed by atoms with Crippen LogP contribution in [0.3, 0.4) is 0 Å². The molecule has 0 aromatic heterocycles. The lowest BCUT2D eigenvalue weighted by molar-refractivity contribution is -0.140. The molecule has 7 heteroatoms. The van der Waals surface area contributed by atoms with Gasteiger partial charge in [-0.3, -0.25) is 0 Å². The van der Waals surface area contributed by atoms with Crippen LogP contribution in [-0.2, 0) is 23.8 Å². The predicted molar refractivity (Wildman–Crippen MR) is 83.2 cm³/mol. The number of esters is 2. The summed E-state index contributed by atoms with van der Waals surface area (Å²) in [7, 11) is 2.53. The summed E-state index contributed by atoms with van der Waals surface area (Å²) in [5.41, 5.74) is 1.94. The van der Waals surface area contributed by atoms with E-state index in [-0.39, 0.29) is 24.6 Å². The number of ether oxygens (including phenoxy) is 3. The molecular weight excluding hydrogens is 354 g/mol. The molecule has 6 nitrogen and oxygen atoms in total. The highest BCUT2D eigenvalue weighted by Crippen LogP contribution is 2.32. The zero-order chi connectivity index (χ0) is 16.3. The number of methoxy groups -OCH3 is 2. The van der Waals surface area contributed by atoms with Gasteiger partial charge in [0.05, 0.1) is 26.4 Å². The molecule has 0 radical (unpaired) electrons. The zero-order valence-electron chi connectivity index (χ0n) is 12.5. The molecule has 0 N–H and O–H groups in total. The summed E-state index contributed by atoms with van der Waals surface area (Å²) in [6.45, 7) is 2.05. The van der Waals surface area contributed by atoms with E-state index >= 15 is 0 Å². The molecule has 0 fully saturated rings. The summed E-state index contributed by atoms with van der Waals surface area (Å²) >= 11 is 3.45. The number of halogens is 1. The fraction of sp³-hybridized carbons (Fsp3) is 0.333. The topological polar surface area (TPSA) is 65.1 Å². The lowest BCUT2D eigenvalue weighted by atomic mass is 10.1. The minimum atomic E-state index is -0.613. The summed E-state index contributed by atoms with van der Waals surface area (Å²) < 4.78 is 15.9. The molecule has 1 heterocycles. The quantitative estimate of drug-likeness (QED) is 0.760. The number of nitrogens with zero attached hydrogens (tertiary/aromatic N) is 1. The molecule has 0 unspecified atom stereocenters. The molecule has 2 rings (SSSR count). The van der Waals surface area contributed by atoms with Crippen LogP contribution in [-0.4, -0.2) is 39.5 Å². The van der Waals surface area contributed by atoms with Crippen LogP contribution in [0.15, 0.2) is 33.9 Å². The first-order valence-corrected chi connectivity index (χ1v) is 7.30. The van der Waals surface area contributed by atoms with Gasteiger partial charge in [0.15, 0.2) is 0 Å². The summed E-state index contributed by atoms with van der Waals surface area (Å²) in [5.74, 6) is -1.22. The summed E-state index contributed by atoms with van der Waals surface area (Å²) in [6.07, 6.45) is 0. The Bertz CT molecular complexity index is 641. The lowest BCUT2D eigenvalue weighted by Crippen LogP contribution is -2.39. The second-order valence-electron chi connectivity index (χ2n) is 4.60. The van der Waals surface area contributed by atoms with E-state index in [1.807, 2.05) is 25.1 Å². The SMILES string of the molecule is COC(=O)C1=C(C(=O)OC)N(c2cccc(Br)c2C)COC1. The van der Waals surface area contributed by atoms with Gasteiger partial charge in [0.1, 0.15) is 12.4 Å². The lowest BCUT2D eigenvalue weighted by Gasteiger charge is -2.32. The second-order valence-corrected chi connectivity index (χ2v) is 5.45. The number of hydrogen-bond acceptors (Lipinski definition) is 6. The maximum atomic E-state index is 12.2. The van der Waals surface area contributed by atoms with Crippen LogP contribution in [0.4, 0.5) is 5.69 Å². The van der Waals surface area contributed by atoms with Crippen molar-refractivity contribution in [3.05, 3.63) is 39.5 Å². The van der Waals surface area contributed by atoms with Crippen LogP contribution in [0.5, 0.6) is 0 Å². The average molecular weight is 370 g/mol.